The first-order valence-corrected chi connectivity index (χ1v) is 7.24. The number of nitrogens with zero attached hydrogens (tertiary/aromatic N) is 4. The summed E-state index contributed by atoms with van der Waals surface area (Å²) >= 11 is 0. The van der Waals surface area contributed by atoms with Crippen molar-refractivity contribution in [2.24, 2.45) is 0 Å². The van der Waals surface area contributed by atoms with Gasteiger partial charge in [0.05, 0.1) is 6.04 Å². The van der Waals surface area contributed by atoms with E-state index in [1.54, 1.807) is 18.5 Å². The predicted molar refractivity (Wildman–Crippen MR) is 86.1 cm³/mol. The minimum Gasteiger partial charge on any atom is -0.378 e. The van der Waals surface area contributed by atoms with Gasteiger partial charge in [0, 0.05) is 50.8 Å². The zero-order chi connectivity index (χ0) is 15.5. The summed E-state index contributed by atoms with van der Waals surface area (Å²) in [5.74, 6) is 0.673. The third kappa shape index (κ3) is 3.00. The van der Waals surface area contributed by atoms with Gasteiger partial charge in [-0.05, 0) is 30.3 Å². The second-order valence-corrected chi connectivity index (χ2v) is 5.57. The molecule has 0 spiro atoms. The maximum absolute atomic E-state index is 12.4. The van der Waals surface area contributed by atoms with E-state index in [0.29, 0.717) is 19.0 Å². The second kappa shape index (κ2) is 6.01. The van der Waals surface area contributed by atoms with Gasteiger partial charge in [-0.25, -0.2) is 9.97 Å². The summed E-state index contributed by atoms with van der Waals surface area (Å²) in [6.45, 7) is 1.35. The first kappa shape index (κ1) is 14.3. The van der Waals surface area contributed by atoms with Crippen molar-refractivity contribution >= 4 is 17.5 Å². The number of benzene rings is 1. The molecule has 1 saturated heterocycles. The van der Waals surface area contributed by atoms with Crippen LogP contribution < -0.4 is 10.2 Å². The molecular weight excluding hydrogens is 278 g/mol. The van der Waals surface area contributed by atoms with Crippen molar-refractivity contribution in [1.82, 2.24) is 14.9 Å². The van der Waals surface area contributed by atoms with Crippen LogP contribution in [0.5, 0.6) is 0 Å². The minimum atomic E-state index is 0.0670. The Morgan fingerprint density at radius 1 is 1.18 bits per heavy atom. The van der Waals surface area contributed by atoms with Crippen molar-refractivity contribution in [3.8, 4) is 0 Å². The molecule has 1 aliphatic rings. The Bertz CT molecular complexity index is 635. The number of likely N-dealkylation sites (tertiary alicyclic amines) is 1. The lowest BCUT2D eigenvalue weighted by atomic mass is 10.1. The Hall–Kier alpha value is -2.63. The van der Waals surface area contributed by atoms with Crippen LogP contribution in [0.3, 0.4) is 0 Å². The maximum Gasteiger partial charge on any atom is 0.253 e. The molecule has 1 aliphatic heterocycles. The third-order valence-corrected chi connectivity index (χ3v) is 3.70. The molecule has 0 saturated carbocycles. The fourth-order valence-corrected chi connectivity index (χ4v) is 2.38. The van der Waals surface area contributed by atoms with E-state index in [1.165, 1.54) is 0 Å². The van der Waals surface area contributed by atoms with Crippen LogP contribution >= 0.6 is 0 Å². The lowest BCUT2D eigenvalue weighted by Gasteiger charge is -2.39. The van der Waals surface area contributed by atoms with E-state index in [4.69, 9.17) is 0 Å². The van der Waals surface area contributed by atoms with Gasteiger partial charge >= 0.3 is 0 Å². The Kier molecular flexibility index (Phi) is 3.91. The SMILES string of the molecule is CN(C)c1ccc(C(=O)N2CC(Nc3ncccn3)C2)cc1. The quantitative estimate of drug-likeness (QED) is 0.926. The summed E-state index contributed by atoms with van der Waals surface area (Å²) in [5.41, 5.74) is 1.81. The largest absolute Gasteiger partial charge is 0.378 e. The number of rotatable bonds is 4. The summed E-state index contributed by atoms with van der Waals surface area (Å²) in [6.07, 6.45) is 3.40. The molecule has 2 heterocycles. The molecular formula is C16H19N5O. The van der Waals surface area contributed by atoms with E-state index in [1.807, 2.05) is 48.2 Å². The van der Waals surface area contributed by atoms with Gasteiger partial charge in [-0.2, -0.15) is 0 Å². The molecule has 0 unspecified atom stereocenters. The van der Waals surface area contributed by atoms with Crippen LogP contribution in [-0.2, 0) is 0 Å². The molecule has 6 nitrogen and oxygen atoms in total. The topological polar surface area (TPSA) is 61.4 Å². The Morgan fingerprint density at radius 3 is 2.41 bits per heavy atom. The van der Waals surface area contributed by atoms with Crippen molar-refractivity contribution in [2.45, 2.75) is 6.04 Å². The number of nitrogens with one attached hydrogen (secondary N) is 1. The molecule has 3 rings (SSSR count). The molecule has 0 radical (unpaired) electrons. The number of aromatic nitrogens is 2. The number of hydrogen-bond donors (Lipinski definition) is 1. The highest BCUT2D eigenvalue weighted by atomic mass is 16.2. The van der Waals surface area contributed by atoms with E-state index in [0.717, 1.165) is 11.3 Å². The number of amides is 1. The van der Waals surface area contributed by atoms with E-state index in [-0.39, 0.29) is 11.9 Å². The summed E-state index contributed by atoms with van der Waals surface area (Å²) in [7, 11) is 3.96. The third-order valence-electron chi connectivity index (χ3n) is 3.70. The summed E-state index contributed by atoms with van der Waals surface area (Å²) < 4.78 is 0. The minimum absolute atomic E-state index is 0.0670. The van der Waals surface area contributed by atoms with Crippen LogP contribution in [0.2, 0.25) is 0 Å². The van der Waals surface area contributed by atoms with Crippen LogP contribution in [0, 0.1) is 0 Å². The van der Waals surface area contributed by atoms with Gasteiger partial charge in [0.1, 0.15) is 0 Å². The number of carbonyl (C=O) groups is 1. The highest BCUT2D eigenvalue weighted by molar-refractivity contribution is 5.95. The molecule has 114 valence electrons. The molecule has 2 aromatic rings. The van der Waals surface area contributed by atoms with Gasteiger partial charge in [0.25, 0.3) is 5.91 Å². The average molecular weight is 297 g/mol. The molecule has 6 heteroatoms. The normalized spacial score (nSPS) is 14.4. The predicted octanol–water partition coefficient (Wildman–Crippen LogP) is 1.48. The monoisotopic (exact) mass is 297 g/mol. The van der Waals surface area contributed by atoms with Gasteiger partial charge in [0.15, 0.2) is 0 Å². The van der Waals surface area contributed by atoms with Crippen LogP contribution in [0.4, 0.5) is 11.6 Å². The first-order valence-electron chi connectivity index (χ1n) is 7.24. The highest BCUT2D eigenvalue weighted by Gasteiger charge is 2.31. The van der Waals surface area contributed by atoms with Gasteiger partial charge < -0.3 is 15.1 Å². The van der Waals surface area contributed by atoms with Gasteiger partial charge in [-0.1, -0.05) is 0 Å². The van der Waals surface area contributed by atoms with Crippen molar-refractivity contribution in [3.63, 3.8) is 0 Å². The summed E-state index contributed by atoms with van der Waals surface area (Å²) in [6, 6.07) is 9.66. The molecule has 1 N–H and O–H groups in total. The average Bonchev–Trinajstić information content (AvgIpc) is 2.51. The van der Waals surface area contributed by atoms with E-state index >= 15 is 0 Å². The number of hydrogen-bond acceptors (Lipinski definition) is 5. The Labute approximate surface area is 129 Å². The van der Waals surface area contributed by atoms with Crippen LogP contribution in [0.1, 0.15) is 10.4 Å². The molecule has 1 aromatic heterocycles. The zero-order valence-electron chi connectivity index (χ0n) is 12.7. The lowest BCUT2D eigenvalue weighted by Crippen LogP contribution is -2.57. The van der Waals surface area contributed by atoms with E-state index in [9.17, 15) is 4.79 Å². The van der Waals surface area contributed by atoms with Gasteiger partial charge in [-0.3, -0.25) is 4.79 Å². The maximum atomic E-state index is 12.4. The van der Waals surface area contributed by atoms with Gasteiger partial charge in [0.2, 0.25) is 5.95 Å². The molecule has 0 bridgehead atoms. The molecule has 1 amide bonds. The van der Waals surface area contributed by atoms with Crippen LogP contribution in [0.15, 0.2) is 42.7 Å². The Balaban J connectivity index is 1.55. The summed E-state index contributed by atoms with van der Waals surface area (Å²) in [4.78, 5) is 24.4. The molecule has 0 atom stereocenters. The lowest BCUT2D eigenvalue weighted by molar-refractivity contribution is 0.0624. The molecule has 1 aromatic carbocycles. The smallest absolute Gasteiger partial charge is 0.253 e. The molecule has 1 fully saturated rings. The van der Waals surface area contributed by atoms with Gasteiger partial charge in [-0.15, -0.1) is 0 Å². The van der Waals surface area contributed by atoms with Crippen LogP contribution in [-0.4, -0.2) is 54.0 Å². The second-order valence-electron chi connectivity index (χ2n) is 5.57. The van der Waals surface area contributed by atoms with Crippen molar-refractivity contribution in [1.29, 1.82) is 0 Å². The van der Waals surface area contributed by atoms with Crippen LogP contribution in [0.25, 0.3) is 0 Å². The Morgan fingerprint density at radius 2 is 1.82 bits per heavy atom. The highest BCUT2D eigenvalue weighted by Crippen LogP contribution is 2.18. The molecule has 0 aliphatic carbocycles. The number of anilines is 2. The van der Waals surface area contributed by atoms with Crippen molar-refractivity contribution in [2.75, 3.05) is 37.4 Å². The fraction of sp³-hybridized carbons (Fsp3) is 0.312. The standard InChI is InChI=1S/C16H19N5O/c1-20(2)14-6-4-12(5-7-14)15(22)21-10-13(11-21)19-16-17-8-3-9-18-16/h3-9,13H,10-11H2,1-2H3,(H,17,18,19). The van der Waals surface area contributed by atoms with Crippen molar-refractivity contribution in [3.05, 3.63) is 48.3 Å². The fourth-order valence-electron chi connectivity index (χ4n) is 2.38. The summed E-state index contributed by atoms with van der Waals surface area (Å²) in [5, 5.41) is 3.22. The zero-order valence-corrected chi connectivity index (χ0v) is 12.7. The van der Waals surface area contributed by atoms with Crippen molar-refractivity contribution < 1.29 is 4.79 Å². The van der Waals surface area contributed by atoms with E-state index in [2.05, 4.69) is 15.3 Å². The molecule has 22 heavy (non-hydrogen) atoms. The van der Waals surface area contributed by atoms with E-state index < -0.39 is 0 Å². The first-order chi connectivity index (χ1) is 10.6. The number of carbonyl (C=O) groups excluding carboxylic acids is 1.